The SMILES string of the molecule is N#CC[C@@H](c1cnn2cc(C(NC(=O)c3nonc3CCC(F)(F)F)=C3CCC(=C(F)F)CC3)nc2c1)N1CC(C(F)(F)F)=NC1=O. The number of urea groups is 1. The highest BCUT2D eigenvalue weighted by atomic mass is 19.4. The van der Waals surface area contributed by atoms with E-state index in [2.05, 4.69) is 35.3 Å². The summed E-state index contributed by atoms with van der Waals surface area (Å²) in [6.45, 7) is -0.889. The average molecular weight is 672 g/mol. The van der Waals surface area contributed by atoms with Crippen LogP contribution < -0.4 is 5.32 Å². The molecular formula is C27H21F8N9O3. The number of hydrogen-bond acceptors (Lipinski definition) is 8. The lowest BCUT2D eigenvalue weighted by molar-refractivity contribution is -0.134. The summed E-state index contributed by atoms with van der Waals surface area (Å²) in [5, 5.41) is 22.9. The Bertz CT molecular complexity index is 1830. The highest BCUT2D eigenvalue weighted by molar-refractivity contribution is 6.05. The van der Waals surface area contributed by atoms with Gasteiger partial charge < -0.3 is 10.2 Å². The number of imidazole rings is 1. The molecule has 0 unspecified atom stereocenters. The van der Waals surface area contributed by atoms with Gasteiger partial charge in [-0.25, -0.2) is 18.9 Å². The molecule has 0 saturated heterocycles. The van der Waals surface area contributed by atoms with Crippen molar-refractivity contribution in [1.29, 1.82) is 5.26 Å². The number of rotatable bonds is 8. The minimum Gasteiger partial charge on any atom is -0.319 e. The van der Waals surface area contributed by atoms with Crippen LogP contribution in [-0.4, -0.2) is 66.4 Å². The Balaban J connectivity index is 1.48. The Morgan fingerprint density at radius 2 is 1.79 bits per heavy atom. The lowest BCUT2D eigenvalue weighted by atomic mass is 9.89. The van der Waals surface area contributed by atoms with Crippen molar-refractivity contribution in [2.75, 3.05) is 6.54 Å². The maximum atomic E-state index is 13.2. The smallest absolute Gasteiger partial charge is 0.319 e. The van der Waals surface area contributed by atoms with Gasteiger partial charge in [0.1, 0.15) is 17.1 Å². The van der Waals surface area contributed by atoms with E-state index < -0.39 is 73.6 Å². The van der Waals surface area contributed by atoms with Crippen molar-refractivity contribution in [2.24, 2.45) is 4.99 Å². The topological polar surface area (TPSA) is 155 Å². The standard InChI is InChI=1S/C27H21F8N9O3/c28-23(29)14-3-1-13(2-4-14)21(40-24(45)22-16(41-47-42-22)5-7-26(30,31)32)17-11-44-20(38-17)9-15(10-37-44)18(6-8-36)43-12-19(27(33,34)35)39-25(43)46/h9-11,18H,1-7,12H2,(H,40,45)/t18-/m0/s1. The van der Waals surface area contributed by atoms with E-state index in [4.69, 9.17) is 0 Å². The summed E-state index contributed by atoms with van der Waals surface area (Å²) < 4.78 is 110. The van der Waals surface area contributed by atoms with Gasteiger partial charge >= 0.3 is 18.4 Å². The molecule has 1 fully saturated rings. The van der Waals surface area contributed by atoms with Crippen LogP contribution in [0.15, 0.2) is 45.3 Å². The summed E-state index contributed by atoms with van der Waals surface area (Å²) >= 11 is 0. The first-order valence-corrected chi connectivity index (χ1v) is 13.8. The predicted octanol–water partition coefficient (Wildman–Crippen LogP) is 5.87. The molecule has 20 heteroatoms. The summed E-state index contributed by atoms with van der Waals surface area (Å²) in [6, 6.07) is 0.814. The third kappa shape index (κ3) is 7.44. The molecule has 1 aliphatic carbocycles. The largest absolute Gasteiger partial charge is 0.431 e. The number of fused-ring (bicyclic) bond motifs is 1. The molecular weight excluding hydrogens is 650 g/mol. The summed E-state index contributed by atoms with van der Waals surface area (Å²) in [5.74, 6) is -1.00. The van der Waals surface area contributed by atoms with E-state index in [1.807, 2.05) is 6.07 Å². The second kappa shape index (κ2) is 12.9. The van der Waals surface area contributed by atoms with Crippen LogP contribution in [0, 0.1) is 11.3 Å². The number of amides is 3. The number of halogens is 8. The summed E-state index contributed by atoms with van der Waals surface area (Å²) in [5.41, 5.74) is -1.51. The molecule has 5 rings (SSSR count). The van der Waals surface area contributed by atoms with E-state index in [-0.39, 0.29) is 59.6 Å². The third-order valence-electron chi connectivity index (χ3n) is 7.50. The fourth-order valence-electron chi connectivity index (χ4n) is 5.13. The lowest BCUT2D eigenvalue weighted by Gasteiger charge is -2.25. The van der Waals surface area contributed by atoms with E-state index >= 15 is 0 Å². The average Bonchev–Trinajstić information content (AvgIpc) is 3.75. The van der Waals surface area contributed by atoms with Crippen molar-refractivity contribution in [3.63, 3.8) is 0 Å². The Kier molecular flexibility index (Phi) is 9.09. The second-order valence-corrected chi connectivity index (χ2v) is 10.5. The van der Waals surface area contributed by atoms with Crippen molar-refractivity contribution in [3.8, 4) is 6.07 Å². The molecule has 3 aromatic rings. The summed E-state index contributed by atoms with van der Waals surface area (Å²) in [6.07, 6.45) is -11.1. The zero-order chi connectivity index (χ0) is 34.1. The van der Waals surface area contributed by atoms with Crippen LogP contribution >= 0.6 is 0 Å². The molecule has 4 heterocycles. The monoisotopic (exact) mass is 671 g/mol. The molecule has 0 bridgehead atoms. The zero-order valence-electron chi connectivity index (χ0n) is 23.8. The van der Waals surface area contributed by atoms with Gasteiger partial charge in [0.25, 0.3) is 12.0 Å². The minimum absolute atomic E-state index is 0.0386. The molecule has 0 radical (unpaired) electrons. The van der Waals surface area contributed by atoms with E-state index in [0.29, 0.717) is 5.57 Å². The van der Waals surface area contributed by atoms with E-state index in [1.54, 1.807) is 0 Å². The molecule has 47 heavy (non-hydrogen) atoms. The van der Waals surface area contributed by atoms with E-state index in [9.17, 15) is 50.0 Å². The highest BCUT2D eigenvalue weighted by Crippen LogP contribution is 2.35. The lowest BCUT2D eigenvalue weighted by Crippen LogP contribution is -2.35. The number of nitrogens with zero attached hydrogens (tertiary/aromatic N) is 8. The number of nitriles is 1. The molecule has 0 aromatic carbocycles. The van der Waals surface area contributed by atoms with E-state index in [0.717, 1.165) is 4.90 Å². The van der Waals surface area contributed by atoms with Crippen molar-refractivity contribution in [2.45, 2.75) is 63.3 Å². The number of carbonyl (C=O) groups is 2. The van der Waals surface area contributed by atoms with Crippen LogP contribution in [-0.2, 0) is 6.42 Å². The second-order valence-electron chi connectivity index (χ2n) is 10.5. The number of alkyl halides is 6. The number of carbonyl (C=O) groups excluding carboxylic acids is 2. The van der Waals surface area contributed by atoms with Gasteiger partial charge in [0.05, 0.1) is 43.2 Å². The van der Waals surface area contributed by atoms with Gasteiger partial charge in [-0.2, -0.15) is 50.5 Å². The Hall–Kier alpha value is -5.22. The molecule has 1 atom stereocenters. The van der Waals surface area contributed by atoms with Crippen LogP contribution in [0.3, 0.4) is 0 Å². The first kappa shape index (κ1) is 33.2. The van der Waals surface area contributed by atoms with Crippen LogP contribution in [0.5, 0.6) is 0 Å². The molecule has 248 valence electrons. The van der Waals surface area contributed by atoms with Gasteiger partial charge in [0.15, 0.2) is 11.3 Å². The van der Waals surface area contributed by atoms with Crippen LogP contribution in [0.1, 0.15) is 72.0 Å². The molecule has 1 saturated carbocycles. The molecule has 0 spiro atoms. The predicted molar refractivity (Wildman–Crippen MR) is 142 cm³/mol. The maximum Gasteiger partial charge on any atom is 0.431 e. The fraction of sp³-hybridized carbons (Fsp3) is 0.407. The first-order valence-electron chi connectivity index (χ1n) is 13.8. The normalized spacial score (nSPS) is 16.4. The summed E-state index contributed by atoms with van der Waals surface area (Å²) in [4.78, 5) is 33.9. The zero-order valence-corrected chi connectivity index (χ0v) is 23.8. The number of allylic oxidation sites excluding steroid dienone is 2. The molecule has 1 aliphatic heterocycles. The molecule has 2 aliphatic rings. The van der Waals surface area contributed by atoms with Crippen molar-refractivity contribution < 1.29 is 49.3 Å². The molecule has 1 N–H and O–H groups in total. The van der Waals surface area contributed by atoms with Crippen molar-refractivity contribution >= 4 is 29.0 Å². The minimum atomic E-state index is -4.86. The van der Waals surface area contributed by atoms with Gasteiger partial charge in [-0.1, -0.05) is 5.16 Å². The van der Waals surface area contributed by atoms with Gasteiger partial charge in [0, 0.05) is 12.8 Å². The first-order chi connectivity index (χ1) is 22.1. The number of nitrogens with one attached hydrogen (secondary N) is 1. The Labute approximate surface area is 258 Å². The third-order valence-corrected chi connectivity index (χ3v) is 7.50. The number of aryl methyl sites for hydroxylation is 1. The van der Waals surface area contributed by atoms with Crippen LogP contribution in [0.4, 0.5) is 39.9 Å². The number of aromatic nitrogens is 5. The molecule has 3 aromatic heterocycles. The molecule has 12 nitrogen and oxygen atoms in total. The molecule has 3 amide bonds. The van der Waals surface area contributed by atoms with Gasteiger partial charge in [0.2, 0.25) is 0 Å². The number of aliphatic imine (C=N–C) groups is 1. The maximum absolute atomic E-state index is 13.2. The van der Waals surface area contributed by atoms with Crippen molar-refractivity contribution in [1.82, 2.24) is 35.1 Å². The Morgan fingerprint density at radius 3 is 2.40 bits per heavy atom. The van der Waals surface area contributed by atoms with Gasteiger partial charge in [-0.15, -0.1) is 0 Å². The number of hydrogen-bond donors (Lipinski definition) is 1. The van der Waals surface area contributed by atoms with Gasteiger partial charge in [-0.05, 0) is 53.6 Å². The van der Waals surface area contributed by atoms with Gasteiger partial charge in [-0.3, -0.25) is 4.79 Å². The van der Waals surface area contributed by atoms with Crippen LogP contribution in [0.2, 0.25) is 0 Å². The quantitative estimate of drug-likeness (QED) is 0.292. The Morgan fingerprint density at radius 1 is 1.09 bits per heavy atom. The summed E-state index contributed by atoms with van der Waals surface area (Å²) in [7, 11) is 0. The fourth-order valence-corrected chi connectivity index (χ4v) is 5.13. The van der Waals surface area contributed by atoms with E-state index in [1.165, 1.54) is 23.0 Å². The van der Waals surface area contributed by atoms with Crippen LogP contribution in [0.25, 0.3) is 11.3 Å². The van der Waals surface area contributed by atoms with Crippen molar-refractivity contribution in [3.05, 3.63) is 58.3 Å². The highest BCUT2D eigenvalue weighted by Gasteiger charge is 2.44.